The number of carbonyl (C=O) groups excluding carboxylic acids is 3. The number of fused-ring (bicyclic) bond motifs is 1. The minimum Gasteiger partial charge on any atom is -0.748 e. The molecule has 13 nitrogen and oxygen atoms in total. The average Bonchev–Trinajstić information content (AvgIpc) is 3.25. The van der Waals surface area contributed by atoms with Crippen molar-refractivity contribution in [2.45, 2.75) is 28.5 Å². The van der Waals surface area contributed by atoms with Gasteiger partial charge in [-0.15, -0.1) is 22.0 Å². The van der Waals surface area contributed by atoms with Crippen molar-refractivity contribution in [3.05, 3.63) is 53.1 Å². The average molecular weight is 587 g/mol. The summed E-state index contributed by atoms with van der Waals surface area (Å²) in [6, 6.07) is 7.11. The summed E-state index contributed by atoms with van der Waals surface area (Å²) in [6.07, 6.45) is -1.49. The van der Waals surface area contributed by atoms with Gasteiger partial charge in [-0.25, -0.2) is 8.42 Å². The van der Waals surface area contributed by atoms with Gasteiger partial charge in [0.25, 0.3) is 17.0 Å². The minimum absolute atomic E-state index is 0. The Morgan fingerprint density at radius 3 is 2.57 bits per heavy atom. The maximum atomic E-state index is 12.7. The third kappa shape index (κ3) is 7.60. The Kier molecular flexibility index (Phi) is 11.7. The molecule has 0 saturated carbocycles. The van der Waals surface area contributed by atoms with Crippen molar-refractivity contribution in [2.24, 2.45) is 0 Å². The van der Waals surface area contributed by atoms with E-state index in [1.165, 1.54) is 11.8 Å². The second-order valence-electron chi connectivity index (χ2n) is 7.40. The number of aromatic nitrogens is 2. The van der Waals surface area contributed by atoms with Crippen LogP contribution >= 0.6 is 23.5 Å². The van der Waals surface area contributed by atoms with E-state index >= 15 is 0 Å². The van der Waals surface area contributed by atoms with Crippen LogP contribution in [-0.4, -0.2) is 73.9 Å². The molecule has 4 rings (SSSR count). The number of rotatable bonds is 9. The van der Waals surface area contributed by atoms with Gasteiger partial charge in [0.15, 0.2) is 6.10 Å². The second kappa shape index (κ2) is 13.4. The molecule has 37 heavy (non-hydrogen) atoms. The second-order valence-corrected chi connectivity index (χ2v) is 10.8. The standard InChI is InChI=1S/C19H18N4O9S3.2Na/c24-14(9-4-2-1-3-5-9)15(25)20-12-16(26)23-13(18(27)28)10(6-33-17(12)23)7-34-19-22-21-11(32-19)8-35(29,30)31;;/h1-5,12,14,17,24H,6-8H2,(H,20,25)(H,27,28)(H,29,30,31);;/q;2*+1/p-2/t12?,14?,17-;;/m0../s1. The Bertz CT molecular complexity index is 1310. The molecular formula is C19H16N4Na2O9S3. The van der Waals surface area contributed by atoms with Gasteiger partial charge in [0.05, 0.1) is 11.7 Å². The zero-order chi connectivity index (χ0) is 25.3. The van der Waals surface area contributed by atoms with E-state index in [4.69, 9.17) is 4.42 Å². The first-order valence-corrected chi connectivity index (χ1v) is 13.5. The molecule has 18 heteroatoms. The van der Waals surface area contributed by atoms with Crippen LogP contribution in [0, 0.1) is 0 Å². The van der Waals surface area contributed by atoms with E-state index in [9.17, 15) is 37.6 Å². The molecule has 2 unspecified atom stereocenters. The zero-order valence-corrected chi connectivity index (χ0v) is 26.0. The number of aliphatic hydroxyl groups is 1. The summed E-state index contributed by atoms with van der Waals surface area (Å²) in [5.41, 5.74) is 0.314. The minimum atomic E-state index is -4.61. The maximum Gasteiger partial charge on any atom is 1.00 e. The monoisotopic (exact) mass is 586 g/mol. The fraction of sp³-hybridized carbons (Fsp3) is 0.316. The van der Waals surface area contributed by atoms with E-state index in [1.807, 2.05) is 0 Å². The summed E-state index contributed by atoms with van der Waals surface area (Å²) in [5, 5.41) is 30.8. The van der Waals surface area contributed by atoms with E-state index in [2.05, 4.69) is 15.5 Å². The topological polar surface area (TPSA) is 206 Å². The Labute approximate surface area is 263 Å². The molecule has 0 bridgehead atoms. The number of carboxylic acid groups (broad SMARTS) is 1. The van der Waals surface area contributed by atoms with Crippen LogP contribution in [0.2, 0.25) is 0 Å². The number of benzene rings is 1. The molecule has 2 aliphatic rings. The number of carboxylic acids is 1. The van der Waals surface area contributed by atoms with Gasteiger partial charge in [-0.2, -0.15) is 0 Å². The van der Waals surface area contributed by atoms with Gasteiger partial charge in [0.2, 0.25) is 5.89 Å². The van der Waals surface area contributed by atoms with Crippen LogP contribution in [-0.2, 0) is 30.3 Å². The van der Waals surface area contributed by atoms with Gasteiger partial charge in [-0.1, -0.05) is 42.1 Å². The van der Waals surface area contributed by atoms with E-state index in [0.29, 0.717) is 11.1 Å². The molecule has 2 aromatic rings. The summed E-state index contributed by atoms with van der Waals surface area (Å²) in [6.45, 7) is 0. The number of hydrogen-bond donors (Lipinski definition) is 2. The summed E-state index contributed by atoms with van der Waals surface area (Å²) in [5.74, 6) is -4.24. The van der Waals surface area contributed by atoms with Gasteiger partial charge in [0, 0.05) is 11.5 Å². The smallest absolute Gasteiger partial charge is 0.748 e. The number of β-lactam (4-membered cyclic amide) rings is 1. The van der Waals surface area contributed by atoms with Gasteiger partial charge in [0.1, 0.15) is 27.3 Å². The molecule has 0 radical (unpaired) electrons. The van der Waals surface area contributed by atoms with Crippen molar-refractivity contribution in [1.82, 2.24) is 20.4 Å². The molecule has 186 valence electrons. The summed E-state index contributed by atoms with van der Waals surface area (Å²) >= 11 is 2.11. The van der Waals surface area contributed by atoms with Crippen LogP contribution in [0.1, 0.15) is 17.6 Å². The summed E-state index contributed by atoms with van der Waals surface area (Å²) in [4.78, 5) is 38.0. The van der Waals surface area contributed by atoms with Gasteiger partial charge >= 0.3 is 59.1 Å². The Balaban J connectivity index is 0.00000241. The molecule has 1 saturated heterocycles. The number of nitrogens with one attached hydrogen (secondary N) is 1. The summed E-state index contributed by atoms with van der Waals surface area (Å²) < 4.78 is 37.4. The molecule has 0 spiro atoms. The Hall–Kier alpha value is -0.920. The van der Waals surface area contributed by atoms with Crippen molar-refractivity contribution in [2.75, 3.05) is 11.5 Å². The van der Waals surface area contributed by atoms with Crippen molar-refractivity contribution in [3.8, 4) is 0 Å². The molecule has 0 aliphatic carbocycles. The molecule has 2 N–H and O–H groups in total. The van der Waals surface area contributed by atoms with Gasteiger partial charge in [-0.05, 0) is 11.1 Å². The van der Waals surface area contributed by atoms with Crippen molar-refractivity contribution >= 4 is 51.4 Å². The molecule has 3 heterocycles. The predicted octanol–water partition coefficient (Wildman–Crippen LogP) is -7.65. The Morgan fingerprint density at radius 1 is 1.27 bits per heavy atom. The number of hydrogen-bond acceptors (Lipinski definition) is 13. The van der Waals surface area contributed by atoms with E-state index < -0.39 is 57.1 Å². The third-order valence-electron chi connectivity index (χ3n) is 5.02. The van der Waals surface area contributed by atoms with Crippen LogP contribution in [0.25, 0.3) is 0 Å². The van der Waals surface area contributed by atoms with Crippen LogP contribution in [0.3, 0.4) is 0 Å². The number of thioether (sulfide) groups is 2. The number of amides is 2. The molecule has 2 amide bonds. The van der Waals surface area contributed by atoms with Gasteiger partial charge < -0.3 is 29.3 Å². The van der Waals surface area contributed by atoms with Crippen LogP contribution in [0.5, 0.6) is 0 Å². The number of aliphatic hydroxyl groups excluding tert-OH is 1. The third-order valence-corrected chi connectivity index (χ3v) is 7.87. The molecule has 3 atom stereocenters. The van der Waals surface area contributed by atoms with Crippen LogP contribution in [0.4, 0.5) is 0 Å². The Morgan fingerprint density at radius 2 is 1.95 bits per heavy atom. The first kappa shape index (κ1) is 32.3. The van der Waals surface area contributed by atoms with Crippen LogP contribution in [0.15, 0.2) is 51.2 Å². The SMILES string of the molecule is O=C([O-])C1=C(CSc2nnc(CS(=O)(=O)[O-])o2)CS[C@H]2C(NC(=O)C(O)c3ccccc3)C(=O)N12.[Na+].[Na+]. The molecule has 1 aromatic carbocycles. The zero-order valence-electron chi connectivity index (χ0n) is 19.5. The van der Waals surface area contributed by atoms with Crippen LogP contribution < -0.4 is 69.5 Å². The molecule has 1 fully saturated rings. The summed E-state index contributed by atoms with van der Waals surface area (Å²) in [7, 11) is -4.61. The van der Waals surface area contributed by atoms with Crippen molar-refractivity contribution in [3.63, 3.8) is 0 Å². The molecular weight excluding hydrogens is 570 g/mol. The first-order valence-electron chi connectivity index (χ1n) is 9.85. The number of aliphatic carboxylic acids is 1. The van der Waals surface area contributed by atoms with E-state index in [-0.39, 0.29) is 81.5 Å². The fourth-order valence-corrected chi connectivity index (χ4v) is 6.14. The molecule has 1 aromatic heterocycles. The van der Waals surface area contributed by atoms with Gasteiger partial charge in [-0.3, -0.25) is 14.5 Å². The van der Waals surface area contributed by atoms with Crippen molar-refractivity contribution < 1.29 is 101 Å². The predicted molar refractivity (Wildman–Crippen MR) is 117 cm³/mol. The number of nitrogens with zero attached hydrogens (tertiary/aromatic N) is 3. The quantitative estimate of drug-likeness (QED) is 0.121. The van der Waals surface area contributed by atoms with E-state index in [1.54, 1.807) is 30.3 Å². The van der Waals surface area contributed by atoms with Crippen molar-refractivity contribution in [1.29, 1.82) is 0 Å². The molecule has 2 aliphatic heterocycles. The largest absolute Gasteiger partial charge is 1.00 e. The van der Waals surface area contributed by atoms with E-state index in [0.717, 1.165) is 16.7 Å². The fourth-order valence-electron chi connectivity index (χ4n) is 3.46. The first-order chi connectivity index (χ1) is 16.5. The normalized spacial score (nSPS) is 19.6. The maximum absolute atomic E-state index is 12.7. The number of carbonyl (C=O) groups is 3.